The van der Waals surface area contributed by atoms with E-state index in [1.165, 1.54) is 12.5 Å². The van der Waals surface area contributed by atoms with Crippen LogP contribution in [0.25, 0.3) is 17.1 Å². The summed E-state index contributed by atoms with van der Waals surface area (Å²) in [6.07, 6.45) is 4.54. The molecule has 0 spiro atoms. The van der Waals surface area contributed by atoms with Crippen molar-refractivity contribution in [2.45, 2.75) is 0 Å². The maximum atomic E-state index is 12.0. The summed E-state index contributed by atoms with van der Waals surface area (Å²) in [5.74, 6) is -0.149. The molecule has 1 amide bonds. The van der Waals surface area contributed by atoms with E-state index in [-0.39, 0.29) is 11.0 Å². The third-order valence-electron chi connectivity index (χ3n) is 2.70. The van der Waals surface area contributed by atoms with Gasteiger partial charge in [0.25, 0.3) is 5.91 Å². The number of aromatic nitrogens is 1. The fraction of sp³-hybridized carbons (Fsp3) is 0. The molecule has 0 radical (unpaired) electrons. The fourth-order valence-corrected chi connectivity index (χ4v) is 1.94. The second kappa shape index (κ2) is 3.21. The van der Waals surface area contributed by atoms with Crippen molar-refractivity contribution in [3.8, 4) is 5.75 Å². The van der Waals surface area contributed by atoms with Crippen molar-refractivity contribution in [1.29, 1.82) is 0 Å². The monoisotopic (exact) mass is 228 g/mol. The van der Waals surface area contributed by atoms with Gasteiger partial charge in [0.15, 0.2) is 5.75 Å². The Hall–Kier alpha value is -2.56. The molecule has 5 heteroatoms. The fourth-order valence-electron chi connectivity index (χ4n) is 1.94. The van der Waals surface area contributed by atoms with Crippen molar-refractivity contribution in [3.63, 3.8) is 0 Å². The Morgan fingerprint density at radius 3 is 2.94 bits per heavy atom. The van der Waals surface area contributed by atoms with Gasteiger partial charge in [-0.15, -0.1) is 0 Å². The van der Waals surface area contributed by atoms with Crippen LogP contribution in [0.2, 0.25) is 0 Å². The number of nitrogens with zero attached hydrogens (tertiary/aromatic N) is 1. The lowest BCUT2D eigenvalue weighted by molar-refractivity contribution is 0.0999. The number of pyridine rings is 1. The second-order valence-electron chi connectivity index (χ2n) is 3.70. The zero-order valence-electron chi connectivity index (χ0n) is 8.71. The summed E-state index contributed by atoms with van der Waals surface area (Å²) in [7, 11) is 0. The predicted molar refractivity (Wildman–Crippen MR) is 62.7 cm³/mol. The summed E-state index contributed by atoms with van der Waals surface area (Å²) >= 11 is 0. The number of benzene rings is 1. The molecule has 2 heterocycles. The number of para-hydroxylation sites is 1. The number of carbonyl (C=O) groups is 1. The summed E-state index contributed by atoms with van der Waals surface area (Å²) in [4.78, 5) is 23.2. The quantitative estimate of drug-likeness (QED) is 0.788. The number of ether oxygens (including phenoxy) is 1. The molecule has 0 fully saturated rings. The first-order valence-electron chi connectivity index (χ1n) is 4.99. The molecule has 1 aromatic carbocycles. The molecular weight excluding hydrogens is 220 g/mol. The Morgan fingerprint density at radius 1 is 1.35 bits per heavy atom. The number of primary amides is 1. The third-order valence-corrected chi connectivity index (χ3v) is 2.70. The van der Waals surface area contributed by atoms with E-state index in [0.29, 0.717) is 16.7 Å². The summed E-state index contributed by atoms with van der Waals surface area (Å²) < 4.78 is 6.96. The number of amides is 1. The Bertz CT molecular complexity index is 728. The van der Waals surface area contributed by atoms with Crippen molar-refractivity contribution >= 4 is 23.0 Å². The van der Waals surface area contributed by atoms with Crippen LogP contribution in [0.5, 0.6) is 5.75 Å². The Labute approximate surface area is 95.7 Å². The van der Waals surface area contributed by atoms with E-state index in [1.807, 2.05) is 0 Å². The van der Waals surface area contributed by atoms with Crippen molar-refractivity contribution in [2.24, 2.45) is 5.73 Å². The third kappa shape index (κ3) is 1.25. The van der Waals surface area contributed by atoms with E-state index in [2.05, 4.69) is 0 Å². The van der Waals surface area contributed by atoms with Gasteiger partial charge in [-0.1, -0.05) is 6.07 Å². The molecule has 0 saturated carbocycles. The van der Waals surface area contributed by atoms with Crippen molar-refractivity contribution < 1.29 is 9.53 Å². The maximum absolute atomic E-state index is 12.0. The Balaban J connectivity index is 2.55. The molecule has 84 valence electrons. The van der Waals surface area contributed by atoms with E-state index >= 15 is 0 Å². The first-order chi connectivity index (χ1) is 8.18. The standard InChI is InChI=1S/C12H8N2O3/c13-12(16)8-6-14-4-5-17-9-3-1-2-7(10(9)14)11(8)15/h1-6H,(H2,13,16). The van der Waals surface area contributed by atoms with Crippen LogP contribution in [-0.2, 0) is 0 Å². The van der Waals surface area contributed by atoms with Crippen LogP contribution in [0.4, 0.5) is 0 Å². The van der Waals surface area contributed by atoms with Gasteiger partial charge in [0, 0.05) is 12.4 Å². The zero-order valence-corrected chi connectivity index (χ0v) is 8.71. The van der Waals surface area contributed by atoms with E-state index in [1.54, 1.807) is 29.0 Å². The summed E-state index contributed by atoms with van der Waals surface area (Å²) in [6.45, 7) is 0. The minimum atomic E-state index is -0.731. The average Bonchev–Trinajstić information content (AvgIpc) is 2.33. The maximum Gasteiger partial charge on any atom is 0.254 e. The number of nitrogens with two attached hydrogens (primary N) is 1. The molecule has 0 saturated heterocycles. The average molecular weight is 228 g/mol. The van der Waals surface area contributed by atoms with Crippen molar-refractivity contribution in [3.05, 3.63) is 46.4 Å². The SMILES string of the molecule is NC(=O)c1cn2c3c(cccc3c1=O)OC=C2. The molecule has 0 bridgehead atoms. The molecule has 2 aromatic rings. The van der Waals surface area contributed by atoms with Crippen LogP contribution in [0.3, 0.4) is 0 Å². The Kier molecular flexibility index (Phi) is 1.82. The largest absolute Gasteiger partial charge is 0.461 e. The van der Waals surface area contributed by atoms with Crippen LogP contribution in [0.15, 0.2) is 35.5 Å². The summed E-state index contributed by atoms with van der Waals surface area (Å²) in [6, 6.07) is 5.10. The highest BCUT2D eigenvalue weighted by Crippen LogP contribution is 2.27. The van der Waals surface area contributed by atoms with Gasteiger partial charge in [0.2, 0.25) is 5.43 Å². The first-order valence-corrected chi connectivity index (χ1v) is 4.99. The highest BCUT2D eigenvalue weighted by atomic mass is 16.5. The lowest BCUT2D eigenvalue weighted by atomic mass is 10.1. The predicted octanol–water partition coefficient (Wildman–Crippen LogP) is 0.921. The van der Waals surface area contributed by atoms with Crippen LogP contribution in [0.1, 0.15) is 10.4 Å². The van der Waals surface area contributed by atoms with Crippen molar-refractivity contribution in [1.82, 2.24) is 4.57 Å². The minimum Gasteiger partial charge on any atom is -0.461 e. The molecule has 1 aromatic heterocycles. The van der Waals surface area contributed by atoms with Crippen LogP contribution in [0, 0.1) is 0 Å². The number of rotatable bonds is 1. The van der Waals surface area contributed by atoms with Gasteiger partial charge >= 0.3 is 0 Å². The van der Waals surface area contributed by atoms with E-state index < -0.39 is 5.91 Å². The van der Waals surface area contributed by atoms with Gasteiger partial charge < -0.3 is 15.0 Å². The van der Waals surface area contributed by atoms with Gasteiger partial charge in [0.05, 0.1) is 10.9 Å². The number of hydrogen-bond acceptors (Lipinski definition) is 3. The highest BCUT2D eigenvalue weighted by Gasteiger charge is 2.16. The molecule has 1 aliphatic rings. The molecule has 5 nitrogen and oxygen atoms in total. The van der Waals surface area contributed by atoms with Gasteiger partial charge in [-0.05, 0) is 12.1 Å². The zero-order chi connectivity index (χ0) is 12.0. The molecule has 2 N–H and O–H groups in total. The van der Waals surface area contributed by atoms with Crippen LogP contribution >= 0.6 is 0 Å². The molecule has 0 aliphatic carbocycles. The highest BCUT2D eigenvalue weighted by molar-refractivity contribution is 5.98. The molecule has 17 heavy (non-hydrogen) atoms. The molecular formula is C12H8N2O3. The smallest absolute Gasteiger partial charge is 0.254 e. The lowest BCUT2D eigenvalue weighted by Crippen LogP contribution is -2.24. The lowest BCUT2D eigenvalue weighted by Gasteiger charge is -2.15. The van der Waals surface area contributed by atoms with E-state index in [4.69, 9.17) is 10.5 Å². The van der Waals surface area contributed by atoms with E-state index in [0.717, 1.165) is 0 Å². The number of hydrogen-bond donors (Lipinski definition) is 1. The minimum absolute atomic E-state index is 0.0267. The summed E-state index contributed by atoms with van der Waals surface area (Å²) in [5, 5.41) is 0.420. The van der Waals surface area contributed by atoms with E-state index in [9.17, 15) is 9.59 Å². The molecule has 3 rings (SSSR count). The molecule has 0 atom stereocenters. The van der Waals surface area contributed by atoms with Gasteiger partial charge in [-0.2, -0.15) is 0 Å². The topological polar surface area (TPSA) is 74.3 Å². The molecule has 0 unspecified atom stereocenters. The van der Waals surface area contributed by atoms with Gasteiger partial charge in [0.1, 0.15) is 11.8 Å². The normalized spacial score (nSPS) is 12.5. The van der Waals surface area contributed by atoms with Crippen LogP contribution < -0.4 is 15.9 Å². The molecule has 1 aliphatic heterocycles. The second-order valence-corrected chi connectivity index (χ2v) is 3.70. The number of carbonyl (C=O) groups excluding carboxylic acids is 1. The summed E-state index contributed by atoms with van der Waals surface area (Å²) in [5.41, 5.74) is 5.42. The van der Waals surface area contributed by atoms with Gasteiger partial charge in [-0.3, -0.25) is 9.59 Å². The van der Waals surface area contributed by atoms with Crippen molar-refractivity contribution in [2.75, 3.05) is 0 Å². The first kappa shape index (κ1) is 9.65. The van der Waals surface area contributed by atoms with Gasteiger partial charge in [-0.25, -0.2) is 0 Å². The Morgan fingerprint density at radius 2 is 2.18 bits per heavy atom. The van der Waals surface area contributed by atoms with Crippen LogP contribution in [-0.4, -0.2) is 10.5 Å².